The van der Waals surface area contributed by atoms with Crippen molar-refractivity contribution in [2.24, 2.45) is 4.99 Å². The Hall–Kier alpha value is -2.24. The smallest absolute Gasteiger partial charge is 0.243 e. The van der Waals surface area contributed by atoms with Gasteiger partial charge in [-0.1, -0.05) is 17.7 Å². The number of likely N-dealkylation sites (N-methyl/N-ethyl adjacent to an activating group) is 1. The molecule has 128 valence electrons. The van der Waals surface area contributed by atoms with Crippen LogP contribution >= 0.6 is 0 Å². The topological polar surface area (TPSA) is 66.0 Å². The second-order valence-electron chi connectivity index (χ2n) is 5.43. The fourth-order valence-corrected chi connectivity index (χ4v) is 1.73. The number of nitrogens with zero attached hydrogens (tertiary/aromatic N) is 2. The molecular formula is C17H28N4O2. The minimum atomic E-state index is -0.0232. The van der Waals surface area contributed by atoms with Crippen molar-refractivity contribution in [2.75, 3.05) is 40.3 Å². The number of aliphatic imine (C=N–C) groups is 1. The SMILES string of the molecule is CCNC(=NCC(=O)N(C)C)NCCCOc1ccc(C)cc1. The molecule has 0 aliphatic rings. The van der Waals surface area contributed by atoms with Crippen LogP contribution in [0.1, 0.15) is 18.9 Å². The van der Waals surface area contributed by atoms with Gasteiger partial charge in [0.15, 0.2) is 5.96 Å². The van der Waals surface area contributed by atoms with Crippen molar-refractivity contribution in [3.8, 4) is 5.75 Å². The molecule has 0 bridgehead atoms. The van der Waals surface area contributed by atoms with Crippen LogP contribution in [-0.2, 0) is 4.79 Å². The highest BCUT2D eigenvalue weighted by Gasteiger charge is 2.03. The third-order valence-corrected chi connectivity index (χ3v) is 3.12. The van der Waals surface area contributed by atoms with Crippen LogP contribution in [0.25, 0.3) is 0 Å². The van der Waals surface area contributed by atoms with E-state index in [9.17, 15) is 4.79 Å². The fraction of sp³-hybridized carbons (Fsp3) is 0.529. The summed E-state index contributed by atoms with van der Waals surface area (Å²) in [5.41, 5.74) is 1.22. The summed E-state index contributed by atoms with van der Waals surface area (Å²) >= 11 is 0. The van der Waals surface area contributed by atoms with Crippen molar-refractivity contribution in [3.63, 3.8) is 0 Å². The first-order valence-electron chi connectivity index (χ1n) is 7.94. The number of ether oxygens (including phenoxy) is 1. The standard InChI is InChI=1S/C17H28N4O2/c1-5-18-17(20-13-16(22)21(3)4)19-11-6-12-23-15-9-7-14(2)8-10-15/h7-10H,5-6,11-13H2,1-4H3,(H2,18,19,20). The van der Waals surface area contributed by atoms with E-state index in [1.165, 1.54) is 10.5 Å². The van der Waals surface area contributed by atoms with Crippen LogP contribution in [0.4, 0.5) is 0 Å². The van der Waals surface area contributed by atoms with Gasteiger partial charge in [-0.05, 0) is 32.4 Å². The molecule has 0 fully saturated rings. The van der Waals surface area contributed by atoms with Crippen LogP contribution in [0.2, 0.25) is 0 Å². The summed E-state index contributed by atoms with van der Waals surface area (Å²) in [6, 6.07) is 8.01. The summed E-state index contributed by atoms with van der Waals surface area (Å²) in [4.78, 5) is 17.3. The maximum Gasteiger partial charge on any atom is 0.243 e. The molecule has 0 atom stereocenters. The van der Waals surface area contributed by atoms with E-state index < -0.39 is 0 Å². The second kappa shape index (κ2) is 10.5. The number of hydrogen-bond donors (Lipinski definition) is 2. The summed E-state index contributed by atoms with van der Waals surface area (Å²) in [5.74, 6) is 1.51. The van der Waals surface area contributed by atoms with Gasteiger partial charge in [0.05, 0.1) is 6.61 Å². The highest BCUT2D eigenvalue weighted by Crippen LogP contribution is 2.11. The average Bonchev–Trinajstić information content (AvgIpc) is 2.53. The molecule has 2 N–H and O–H groups in total. The predicted octanol–water partition coefficient (Wildman–Crippen LogP) is 1.41. The lowest BCUT2D eigenvalue weighted by Crippen LogP contribution is -2.39. The molecule has 6 heteroatoms. The summed E-state index contributed by atoms with van der Waals surface area (Å²) in [6.07, 6.45) is 0.847. The molecule has 0 radical (unpaired) electrons. The van der Waals surface area contributed by atoms with Crippen LogP contribution < -0.4 is 15.4 Å². The first-order chi connectivity index (χ1) is 11.0. The van der Waals surface area contributed by atoms with Crippen LogP contribution in [-0.4, -0.2) is 57.1 Å². The Morgan fingerprint density at radius 2 is 1.91 bits per heavy atom. The monoisotopic (exact) mass is 320 g/mol. The Kier molecular flexibility index (Phi) is 8.57. The van der Waals surface area contributed by atoms with E-state index in [-0.39, 0.29) is 12.5 Å². The molecule has 1 rings (SSSR count). The maximum absolute atomic E-state index is 11.6. The van der Waals surface area contributed by atoms with E-state index in [0.717, 1.165) is 25.3 Å². The Morgan fingerprint density at radius 1 is 1.22 bits per heavy atom. The van der Waals surface area contributed by atoms with Gasteiger partial charge in [-0.3, -0.25) is 4.79 Å². The highest BCUT2D eigenvalue weighted by atomic mass is 16.5. The van der Waals surface area contributed by atoms with Gasteiger partial charge in [-0.2, -0.15) is 0 Å². The first kappa shape index (κ1) is 18.8. The molecule has 23 heavy (non-hydrogen) atoms. The quantitative estimate of drug-likeness (QED) is 0.432. The van der Waals surface area contributed by atoms with Crippen molar-refractivity contribution < 1.29 is 9.53 Å². The first-order valence-corrected chi connectivity index (χ1v) is 7.94. The number of carbonyl (C=O) groups is 1. The number of carbonyl (C=O) groups excluding carboxylic acids is 1. The van der Waals surface area contributed by atoms with E-state index in [1.807, 2.05) is 31.2 Å². The van der Waals surface area contributed by atoms with Crippen LogP contribution in [0.15, 0.2) is 29.3 Å². The third kappa shape index (κ3) is 8.09. The van der Waals surface area contributed by atoms with Gasteiger partial charge in [0.25, 0.3) is 0 Å². The van der Waals surface area contributed by atoms with E-state index in [1.54, 1.807) is 14.1 Å². The van der Waals surface area contributed by atoms with Gasteiger partial charge >= 0.3 is 0 Å². The van der Waals surface area contributed by atoms with E-state index >= 15 is 0 Å². The zero-order chi connectivity index (χ0) is 17.1. The molecule has 0 spiro atoms. The molecule has 0 unspecified atom stereocenters. The number of benzene rings is 1. The van der Waals surface area contributed by atoms with E-state index in [0.29, 0.717) is 12.6 Å². The molecule has 1 aromatic carbocycles. The molecule has 1 amide bonds. The molecule has 6 nitrogen and oxygen atoms in total. The molecule has 0 aliphatic heterocycles. The summed E-state index contributed by atoms with van der Waals surface area (Å²) in [7, 11) is 3.45. The fourth-order valence-electron chi connectivity index (χ4n) is 1.73. The zero-order valence-electron chi connectivity index (χ0n) is 14.6. The lowest BCUT2D eigenvalue weighted by Gasteiger charge is -2.13. The molecule has 0 aromatic heterocycles. The summed E-state index contributed by atoms with van der Waals surface area (Å²) in [6.45, 7) is 6.30. The predicted molar refractivity (Wildman–Crippen MR) is 94.0 cm³/mol. The Morgan fingerprint density at radius 3 is 2.52 bits per heavy atom. The van der Waals surface area contributed by atoms with Crippen LogP contribution in [0.5, 0.6) is 5.75 Å². The van der Waals surface area contributed by atoms with Crippen molar-refractivity contribution in [1.82, 2.24) is 15.5 Å². The Balaban J connectivity index is 2.28. The number of guanidine groups is 1. The van der Waals surface area contributed by atoms with Crippen molar-refractivity contribution in [1.29, 1.82) is 0 Å². The van der Waals surface area contributed by atoms with Crippen LogP contribution in [0.3, 0.4) is 0 Å². The zero-order valence-corrected chi connectivity index (χ0v) is 14.6. The van der Waals surface area contributed by atoms with Crippen LogP contribution in [0, 0.1) is 6.92 Å². The van der Waals surface area contributed by atoms with Gasteiger partial charge in [0, 0.05) is 27.2 Å². The molecular weight excluding hydrogens is 292 g/mol. The number of nitrogens with one attached hydrogen (secondary N) is 2. The average molecular weight is 320 g/mol. The summed E-state index contributed by atoms with van der Waals surface area (Å²) in [5, 5.41) is 6.32. The van der Waals surface area contributed by atoms with Crippen molar-refractivity contribution in [3.05, 3.63) is 29.8 Å². The number of amides is 1. The Bertz CT molecular complexity index is 498. The van der Waals surface area contributed by atoms with Crippen molar-refractivity contribution in [2.45, 2.75) is 20.3 Å². The van der Waals surface area contributed by atoms with Gasteiger partial charge in [-0.15, -0.1) is 0 Å². The van der Waals surface area contributed by atoms with Gasteiger partial charge < -0.3 is 20.3 Å². The molecule has 0 saturated heterocycles. The minimum Gasteiger partial charge on any atom is -0.494 e. The third-order valence-electron chi connectivity index (χ3n) is 3.12. The van der Waals surface area contributed by atoms with Crippen molar-refractivity contribution >= 4 is 11.9 Å². The van der Waals surface area contributed by atoms with E-state index in [2.05, 4.69) is 22.5 Å². The second-order valence-corrected chi connectivity index (χ2v) is 5.43. The molecule has 0 aliphatic carbocycles. The minimum absolute atomic E-state index is 0.0232. The van der Waals surface area contributed by atoms with Gasteiger partial charge in [0.1, 0.15) is 12.3 Å². The normalized spacial score (nSPS) is 11.0. The summed E-state index contributed by atoms with van der Waals surface area (Å²) < 4.78 is 5.67. The lowest BCUT2D eigenvalue weighted by atomic mass is 10.2. The maximum atomic E-state index is 11.6. The van der Waals surface area contributed by atoms with Gasteiger partial charge in [-0.25, -0.2) is 4.99 Å². The van der Waals surface area contributed by atoms with E-state index in [4.69, 9.17) is 4.74 Å². The Labute approximate surface area is 138 Å². The number of rotatable bonds is 8. The lowest BCUT2D eigenvalue weighted by molar-refractivity contribution is -0.127. The number of aryl methyl sites for hydroxylation is 1. The molecule has 0 heterocycles. The molecule has 1 aromatic rings. The van der Waals surface area contributed by atoms with Gasteiger partial charge in [0.2, 0.25) is 5.91 Å². The highest BCUT2D eigenvalue weighted by molar-refractivity contribution is 5.84. The number of hydrogen-bond acceptors (Lipinski definition) is 3. The largest absolute Gasteiger partial charge is 0.494 e. The molecule has 0 saturated carbocycles.